The number of benzene rings is 1. The van der Waals surface area contributed by atoms with Crippen molar-refractivity contribution in [1.82, 2.24) is 4.98 Å². The van der Waals surface area contributed by atoms with E-state index in [1.165, 1.54) is 6.07 Å². The summed E-state index contributed by atoms with van der Waals surface area (Å²) >= 11 is 1.57. The molecule has 0 N–H and O–H groups in total. The summed E-state index contributed by atoms with van der Waals surface area (Å²) in [5.41, 5.74) is 2.22. The Hall–Kier alpha value is -1.65. The van der Waals surface area contributed by atoms with Gasteiger partial charge in [0.15, 0.2) is 0 Å². The van der Waals surface area contributed by atoms with Crippen molar-refractivity contribution in [3.8, 4) is 0 Å². The topological polar surface area (TPSA) is 16.1 Å². The van der Waals surface area contributed by atoms with Gasteiger partial charge < -0.3 is 4.90 Å². The normalized spacial score (nSPS) is 10.3. The molecule has 0 amide bonds. The predicted molar refractivity (Wildman–Crippen MR) is 85.9 cm³/mol. The Morgan fingerprint density at radius 3 is 2.65 bits per heavy atom. The van der Waals surface area contributed by atoms with E-state index in [0.717, 1.165) is 28.0 Å². The Balaban J connectivity index is 0.00000147. The molecule has 0 saturated heterocycles. The number of thiophene rings is 1. The van der Waals surface area contributed by atoms with Gasteiger partial charge in [0, 0.05) is 40.1 Å². The van der Waals surface area contributed by atoms with Crippen molar-refractivity contribution < 1.29 is 4.39 Å². The molecule has 0 spiro atoms. The third-order valence-electron chi connectivity index (χ3n) is 3.10. The third-order valence-corrected chi connectivity index (χ3v) is 4.03. The summed E-state index contributed by atoms with van der Waals surface area (Å²) in [6.07, 6.45) is 3.57. The van der Waals surface area contributed by atoms with Crippen LogP contribution in [-0.2, 0) is 0 Å². The number of pyridine rings is 1. The zero-order valence-corrected chi connectivity index (χ0v) is 12.5. The lowest BCUT2D eigenvalue weighted by molar-refractivity contribution is 0.630. The average Bonchev–Trinajstić information content (AvgIpc) is 2.84. The summed E-state index contributed by atoms with van der Waals surface area (Å²) in [4.78, 5) is 6.25. The van der Waals surface area contributed by atoms with Crippen LogP contribution in [0, 0.1) is 5.82 Å². The number of aromatic nitrogens is 1. The molecule has 5 heteroatoms. The maximum absolute atomic E-state index is 13.2. The number of halogens is 2. The van der Waals surface area contributed by atoms with E-state index >= 15 is 0 Å². The maximum atomic E-state index is 13.2. The van der Waals surface area contributed by atoms with Crippen LogP contribution in [-0.4, -0.2) is 11.5 Å². The minimum Gasteiger partial charge on any atom is -0.340 e. The first-order chi connectivity index (χ1) is 9.29. The number of rotatable bonds is 3. The van der Waals surface area contributed by atoms with E-state index in [9.17, 15) is 4.39 Å². The number of nitrogens with zero attached hydrogens (tertiary/aromatic N) is 2. The molecule has 2 aromatic heterocycles. The number of hydrogen-bond donors (Lipinski definition) is 0. The highest BCUT2D eigenvalue weighted by Crippen LogP contribution is 2.36. The minimum atomic E-state index is -0.187. The Morgan fingerprint density at radius 1 is 1.20 bits per heavy atom. The molecule has 0 aliphatic rings. The summed E-state index contributed by atoms with van der Waals surface area (Å²) in [6, 6.07) is 8.91. The van der Waals surface area contributed by atoms with Gasteiger partial charge in [0.05, 0.1) is 5.69 Å². The van der Waals surface area contributed by atoms with Gasteiger partial charge in [-0.15, -0.1) is 23.7 Å². The van der Waals surface area contributed by atoms with Gasteiger partial charge >= 0.3 is 0 Å². The molecule has 0 atom stereocenters. The van der Waals surface area contributed by atoms with Crippen molar-refractivity contribution in [2.45, 2.75) is 6.92 Å². The standard InChI is InChI=1S/C15H13FN2S.ClH/c1-2-18(12-5-7-17-8-6-12)14-10-19-15-9-11(16)3-4-13(14)15;/h3-10H,2H2,1H3;1H. The van der Waals surface area contributed by atoms with E-state index in [4.69, 9.17) is 0 Å². The fourth-order valence-electron chi connectivity index (χ4n) is 2.21. The second kappa shape index (κ2) is 6.20. The fourth-order valence-corrected chi connectivity index (χ4v) is 3.19. The van der Waals surface area contributed by atoms with Crippen LogP contribution in [0.3, 0.4) is 0 Å². The van der Waals surface area contributed by atoms with Crippen LogP contribution in [0.5, 0.6) is 0 Å². The van der Waals surface area contributed by atoms with Crippen LogP contribution < -0.4 is 4.90 Å². The van der Waals surface area contributed by atoms with E-state index < -0.39 is 0 Å². The van der Waals surface area contributed by atoms with Crippen molar-refractivity contribution in [3.63, 3.8) is 0 Å². The lowest BCUT2D eigenvalue weighted by Gasteiger charge is -2.22. The van der Waals surface area contributed by atoms with Gasteiger partial charge in [-0.2, -0.15) is 0 Å². The SMILES string of the molecule is CCN(c1ccncc1)c1csc2cc(F)ccc12.Cl. The molecule has 0 saturated carbocycles. The van der Waals surface area contributed by atoms with Crippen molar-refractivity contribution in [3.05, 3.63) is 53.9 Å². The lowest BCUT2D eigenvalue weighted by atomic mass is 10.2. The second-order valence-corrected chi connectivity index (χ2v) is 5.12. The van der Waals surface area contributed by atoms with Crippen LogP contribution in [0.15, 0.2) is 48.1 Å². The number of anilines is 2. The third kappa shape index (κ3) is 2.62. The Kier molecular flexibility index (Phi) is 4.57. The molecule has 0 radical (unpaired) electrons. The van der Waals surface area contributed by atoms with Gasteiger partial charge in [0.25, 0.3) is 0 Å². The highest BCUT2D eigenvalue weighted by Gasteiger charge is 2.12. The summed E-state index contributed by atoms with van der Waals surface area (Å²) in [7, 11) is 0. The van der Waals surface area contributed by atoms with Crippen molar-refractivity contribution in [2.75, 3.05) is 11.4 Å². The Bertz CT molecular complexity index is 699. The molecule has 0 aliphatic carbocycles. The van der Waals surface area contributed by atoms with Crippen LogP contribution in [0.1, 0.15) is 6.92 Å². The highest BCUT2D eigenvalue weighted by molar-refractivity contribution is 7.17. The van der Waals surface area contributed by atoms with E-state index in [-0.39, 0.29) is 18.2 Å². The van der Waals surface area contributed by atoms with Gasteiger partial charge in [0.1, 0.15) is 5.82 Å². The van der Waals surface area contributed by atoms with Crippen LogP contribution in [0.25, 0.3) is 10.1 Å². The first kappa shape index (κ1) is 14.8. The van der Waals surface area contributed by atoms with Gasteiger partial charge in [-0.3, -0.25) is 4.98 Å². The molecule has 0 unspecified atom stereocenters. The molecule has 0 aliphatic heterocycles. The lowest BCUT2D eigenvalue weighted by Crippen LogP contribution is -2.15. The molecule has 104 valence electrons. The van der Waals surface area contributed by atoms with Crippen molar-refractivity contribution in [1.29, 1.82) is 0 Å². The highest BCUT2D eigenvalue weighted by atomic mass is 35.5. The number of fused-ring (bicyclic) bond motifs is 1. The average molecular weight is 309 g/mol. The fraction of sp³-hybridized carbons (Fsp3) is 0.133. The smallest absolute Gasteiger partial charge is 0.124 e. The molecule has 1 aromatic carbocycles. The Labute approximate surface area is 127 Å². The molecule has 3 rings (SSSR count). The molecule has 2 nitrogen and oxygen atoms in total. The van der Waals surface area contributed by atoms with Gasteiger partial charge in [-0.05, 0) is 37.3 Å². The quantitative estimate of drug-likeness (QED) is 0.675. The van der Waals surface area contributed by atoms with E-state index in [2.05, 4.69) is 22.2 Å². The molecule has 2 heterocycles. The van der Waals surface area contributed by atoms with Gasteiger partial charge in [-0.1, -0.05) is 0 Å². The Morgan fingerprint density at radius 2 is 1.95 bits per heavy atom. The van der Waals surface area contributed by atoms with Gasteiger partial charge in [-0.25, -0.2) is 4.39 Å². The second-order valence-electron chi connectivity index (χ2n) is 4.21. The van der Waals surface area contributed by atoms with Crippen LogP contribution >= 0.6 is 23.7 Å². The molecule has 0 bridgehead atoms. The van der Waals surface area contributed by atoms with Crippen LogP contribution in [0.2, 0.25) is 0 Å². The van der Waals surface area contributed by atoms with Gasteiger partial charge in [0.2, 0.25) is 0 Å². The molecular formula is C15H14ClFN2S. The van der Waals surface area contributed by atoms with E-state index in [1.807, 2.05) is 18.2 Å². The predicted octanol–water partition coefficient (Wildman–Crippen LogP) is 5.02. The zero-order chi connectivity index (χ0) is 13.2. The molecular weight excluding hydrogens is 295 g/mol. The zero-order valence-electron chi connectivity index (χ0n) is 10.9. The summed E-state index contributed by atoms with van der Waals surface area (Å²) in [6.45, 7) is 2.96. The first-order valence-corrected chi connectivity index (χ1v) is 7.02. The van der Waals surface area contributed by atoms with E-state index in [0.29, 0.717) is 0 Å². The molecule has 20 heavy (non-hydrogen) atoms. The maximum Gasteiger partial charge on any atom is 0.124 e. The van der Waals surface area contributed by atoms with Crippen molar-refractivity contribution in [2.24, 2.45) is 0 Å². The monoisotopic (exact) mass is 308 g/mol. The first-order valence-electron chi connectivity index (χ1n) is 6.14. The number of hydrogen-bond acceptors (Lipinski definition) is 3. The van der Waals surface area contributed by atoms with Crippen LogP contribution in [0.4, 0.5) is 15.8 Å². The molecule has 0 fully saturated rings. The summed E-state index contributed by atoms with van der Waals surface area (Å²) < 4.78 is 14.2. The summed E-state index contributed by atoms with van der Waals surface area (Å²) in [5, 5.41) is 3.17. The van der Waals surface area contributed by atoms with Crippen molar-refractivity contribution >= 4 is 45.2 Å². The minimum absolute atomic E-state index is 0. The summed E-state index contributed by atoms with van der Waals surface area (Å²) in [5.74, 6) is -0.187. The largest absolute Gasteiger partial charge is 0.340 e. The van der Waals surface area contributed by atoms with E-state index in [1.54, 1.807) is 29.8 Å². The molecule has 3 aromatic rings.